The number of rotatable bonds is 5. The minimum Gasteiger partial charge on any atom is -0.490 e. The summed E-state index contributed by atoms with van der Waals surface area (Å²) in [6.45, 7) is 4.20. The first-order chi connectivity index (χ1) is 9.79. The lowest BCUT2D eigenvalue weighted by Gasteiger charge is -2.14. The van der Waals surface area contributed by atoms with Crippen molar-refractivity contribution in [2.75, 3.05) is 32.8 Å². The van der Waals surface area contributed by atoms with Crippen molar-refractivity contribution in [1.29, 1.82) is 0 Å². The fourth-order valence-corrected chi connectivity index (χ4v) is 2.32. The van der Waals surface area contributed by atoms with Crippen LogP contribution in [-0.2, 0) is 0 Å². The van der Waals surface area contributed by atoms with Gasteiger partial charge in [-0.05, 0) is 50.6 Å². The first-order valence-corrected chi connectivity index (χ1v) is 7.13. The molecule has 0 unspecified atom stereocenters. The molecule has 0 aliphatic carbocycles. The minimum atomic E-state index is -0.343. The van der Waals surface area contributed by atoms with E-state index < -0.39 is 0 Å². The van der Waals surface area contributed by atoms with Gasteiger partial charge in [0.2, 0.25) is 0 Å². The average molecular weight is 276 g/mol. The van der Waals surface area contributed by atoms with Crippen LogP contribution in [0.4, 0.5) is 4.39 Å². The molecule has 2 rings (SSSR count). The quantitative estimate of drug-likeness (QED) is 0.660. The number of nitrogens with zero attached hydrogens (tertiary/aromatic N) is 1. The smallest absolute Gasteiger partial charge is 0.165 e. The SMILES string of the molecule is NCC#Cc1ccc(F)c(OCCCN2CCCC2)c1. The first kappa shape index (κ1) is 14.8. The summed E-state index contributed by atoms with van der Waals surface area (Å²) in [6.07, 6.45) is 3.49. The maximum Gasteiger partial charge on any atom is 0.165 e. The van der Waals surface area contributed by atoms with E-state index in [4.69, 9.17) is 10.5 Å². The number of ether oxygens (including phenoxy) is 1. The fraction of sp³-hybridized carbons (Fsp3) is 0.500. The van der Waals surface area contributed by atoms with Crippen molar-refractivity contribution in [2.24, 2.45) is 5.73 Å². The number of benzene rings is 1. The number of nitrogens with two attached hydrogens (primary N) is 1. The van der Waals surface area contributed by atoms with Crippen LogP contribution in [0.25, 0.3) is 0 Å². The molecule has 1 aliphatic heterocycles. The molecule has 0 saturated carbocycles. The molecular formula is C16H21FN2O. The molecule has 1 aromatic rings. The summed E-state index contributed by atoms with van der Waals surface area (Å²) in [4.78, 5) is 2.42. The summed E-state index contributed by atoms with van der Waals surface area (Å²) in [6, 6.07) is 4.65. The van der Waals surface area contributed by atoms with E-state index >= 15 is 0 Å². The summed E-state index contributed by atoms with van der Waals surface area (Å²) in [5, 5.41) is 0. The topological polar surface area (TPSA) is 38.5 Å². The van der Waals surface area contributed by atoms with Crippen molar-refractivity contribution in [1.82, 2.24) is 4.90 Å². The molecule has 0 amide bonds. The predicted octanol–water partition coefficient (Wildman–Crippen LogP) is 2.00. The third-order valence-electron chi connectivity index (χ3n) is 3.34. The Morgan fingerprint density at radius 3 is 2.85 bits per heavy atom. The van der Waals surface area contributed by atoms with Crippen molar-refractivity contribution >= 4 is 0 Å². The molecule has 0 spiro atoms. The lowest BCUT2D eigenvalue weighted by molar-refractivity contribution is 0.256. The van der Waals surface area contributed by atoms with Crippen LogP contribution in [-0.4, -0.2) is 37.7 Å². The summed E-state index contributed by atoms with van der Waals surface area (Å²) in [5.74, 6) is 5.56. The molecule has 108 valence electrons. The van der Waals surface area contributed by atoms with Gasteiger partial charge in [-0.2, -0.15) is 0 Å². The molecule has 3 nitrogen and oxygen atoms in total. The third-order valence-corrected chi connectivity index (χ3v) is 3.34. The Morgan fingerprint density at radius 2 is 2.10 bits per heavy atom. The molecule has 1 aromatic carbocycles. The van der Waals surface area contributed by atoms with Gasteiger partial charge in [-0.1, -0.05) is 11.8 Å². The molecule has 0 aromatic heterocycles. The normalized spacial score (nSPS) is 14.9. The fourth-order valence-electron chi connectivity index (χ4n) is 2.32. The van der Waals surface area contributed by atoms with Crippen LogP contribution in [0.5, 0.6) is 5.75 Å². The van der Waals surface area contributed by atoms with Gasteiger partial charge in [0.15, 0.2) is 11.6 Å². The second-order valence-electron chi connectivity index (χ2n) is 4.90. The standard InChI is InChI=1S/C16H21FN2O/c17-15-7-6-14(5-3-8-18)13-16(15)20-12-4-11-19-9-1-2-10-19/h6-7,13H,1-2,4,8-12,18H2. The summed E-state index contributed by atoms with van der Waals surface area (Å²) in [7, 11) is 0. The molecule has 1 saturated heterocycles. The van der Waals surface area contributed by atoms with E-state index in [0.29, 0.717) is 13.2 Å². The lowest BCUT2D eigenvalue weighted by atomic mass is 10.2. The highest BCUT2D eigenvalue weighted by molar-refractivity contribution is 5.40. The van der Waals surface area contributed by atoms with Gasteiger partial charge in [-0.15, -0.1) is 0 Å². The molecule has 0 radical (unpaired) electrons. The van der Waals surface area contributed by atoms with Crippen molar-refractivity contribution < 1.29 is 9.13 Å². The Balaban J connectivity index is 1.81. The van der Waals surface area contributed by atoms with Gasteiger partial charge < -0.3 is 15.4 Å². The van der Waals surface area contributed by atoms with E-state index in [1.165, 1.54) is 32.0 Å². The van der Waals surface area contributed by atoms with Crippen LogP contribution in [0, 0.1) is 17.7 Å². The van der Waals surface area contributed by atoms with Gasteiger partial charge in [-0.25, -0.2) is 4.39 Å². The van der Waals surface area contributed by atoms with E-state index in [2.05, 4.69) is 16.7 Å². The lowest BCUT2D eigenvalue weighted by Crippen LogP contribution is -2.22. The van der Waals surface area contributed by atoms with Crippen LogP contribution >= 0.6 is 0 Å². The monoisotopic (exact) mass is 276 g/mol. The van der Waals surface area contributed by atoms with Crippen LogP contribution in [0.3, 0.4) is 0 Å². The molecule has 2 N–H and O–H groups in total. The Bertz CT molecular complexity index is 487. The average Bonchev–Trinajstić information content (AvgIpc) is 2.97. The van der Waals surface area contributed by atoms with Crippen LogP contribution in [0.1, 0.15) is 24.8 Å². The summed E-state index contributed by atoms with van der Waals surface area (Å²) in [5.41, 5.74) is 6.05. The zero-order valence-electron chi connectivity index (χ0n) is 11.7. The maximum absolute atomic E-state index is 13.6. The van der Waals surface area contributed by atoms with Gasteiger partial charge in [-0.3, -0.25) is 0 Å². The molecule has 0 atom stereocenters. The third kappa shape index (κ3) is 4.52. The van der Waals surface area contributed by atoms with Crippen LogP contribution in [0.15, 0.2) is 18.2 Å². The van der Waals surface area contributed by atoms with Gasteiger partial charge in [0.25, 0.3) is 0 Å². The Morgan fingerprint density at radius 1 is 1.30 bits per heavy atom. The largest absolute Gasteiger partial charge is 0.490 e. The Labute approximate surface area is 119 Å². The first-order valence-electron chi connectivity index (χ1n) is 7.13. The van der Waals surface area contributed by atoms with Gasteiger partial charge in [0.05, 0.1) is 13.2 Å². The van der Waals surface area contributed by atoms with Gasteiger partial charge in [0, 0.05) is 12.1 Å². The Hall–Kier alpha value is -1.57. The van der Waals surface area contributed by atoms with Crippen molar-refractivity contribution in [2.45, 2.75) is 19.3 Å². The number of halogens is 1. The molecular weight excluding hydrogens is 255 g/mol. The maximum atomic E-state index is 13.6. The van der Waals surface area contributed by atoms with Gasteiger partial charge >= 0.3 is 0 Å². The van der Waals surface area contributed by atoms with Crippen LogP contribution in [0.2, 0.25) is 0 Å². The minimum absolute atomic E-state index is 0.273. The van der Waals surface area contributed by atoms with E-state index in [9.17, 15) is 4.39 Å². The predicted molar refractivity (Wildman–Crippen MR) is 78.1 cm³/mol. The van der Waals surface area contributed by atoms with Crippen molar-refractivity contribution in [3.8, 4) is 17.6 Å². The molecule has 1 heterocycles. The van der Waals surface area contributed by atoms with Crippen molar-refractivity contribution in [3.63, 3.8) is 0 Å². The number of hydrogen-bond acceptors (Lipinski definition) is 3. The highest BCUT2D eigenvalue weighted by Gasteiger charge is 2.10. The highest BCUT2D eigenvalue weighted by atomic mass is 19.1. The molecule has 0 bridgehead atoms. The van der Waals surface area contributed by atoms with E-state index in [1.807, 2.05) is 0 Å². The molecule has 20 heavy (non-hydrogen) atoms. The Kier molecular flexibility index (Phi) is 5.85. The number of likely N-dealkylation sites (tertiary alicyclic amines) is 1. The summed E-state index contributed by atoms with van der Waals surface area (Å²) >= 11 is 0. The van der Waals surface area contributed by atoms with E-state index in [-0.39, 0.29) is 11.6 Å². The molecule has 1 aliphatic rings. The van der Waals surface area contributed by atoms with Crippen molar-refractivity contribution in [3.05, 3.63) is 29.6 Å². The second-order valence-corrected chi connectivity index (χ2v) is 4.90. The van der Waals surface area contributed by atoms with Crippen LogP contribution < -0.4 is 10.5 Å². The zero-order valence-corrected chi connectivity index (χ0v) is 11.7. The zero-order chi connectivity index (χ0) is 14.2. The second kappa shape index (κ2) is 7.88. The van der Waals surface area contributed by atoms with E-state index in [1.54, 1.807) is 12.1 Å². The van der Waals surface area contributed by atoms with Gasteiger partial charge in [0.1, 0.15) is 0 Å². The molecule has 4 heteroatoms. The highest BCUT2D eigenvalue weighted by Crippen LogP contribution is 2.18. The summed E-state index contributed by atoms with van der Waals surface area (Å²) < 4.78 is 19.1. The van der Waals surface area contributed by atoms with E-state index in [0.717, 1.165) is 18.5 Å². The number of hydrogen-bond donors (Lipinski definition) is 1. The molecule has 1 fully saturated rings.